The summed E-state index contributed by atoms with van der Waals surface area (Å²) in [4.78, 5) is 14.4. The lowest BCUT2D eigenvalue weighted by atomic mass is 9.76. The molecule has 1 aliphatic heterocycles. The molecule has 0 aromatic rings. The van der Waals surface area contributed by atoms with Crippen LogP contribution in [0.3, 0.4) is 0 Å². The molecule has 1 saturated heterocycles. The van der Waals surface area contributed by atoms with Gasteiger partial charge >= 0.3 is 6.09 Å². The van der Waals surface area contributed by atoms with E-state index in [1.807, 2.05) is 41.5 Å². The Bertz CT molecular complexity index is 751. The van der Waals surface area contributed by atoms with Gasteiger partial charge in [-0.2, -0.15) is 4.40 Å². The molecule has 8 heteroatoms. The lowest BCUT2D eigenvalue weighted by Crippen LogP contribution is -2.47. The summed E-state index contributed by atoms with van der Waals surface area (Å²) in [6.07, 6.45) is 3.09. The van der Waals surface area contributed by atoms with Crippen LogP contribution in [-0.4, -0.2) is 58.8 Å². The molecule has 2 fully saturated rings. The summed E-state index contributed by atoms with van der Waals surface area (Å²) in [5.74, 6) is 0. The fraction of sp³-hybridized carbons (Fsp3) is 0.917. The Morgan fingerprint density at radius 3 is 2.03 bits per heavy atom. The van der Waals surface area contributed by atoms with Crippen LogP contribution in [0.2, 0.25) is 18.1 Å². The minimum absolute atomic E-state index is 0.0969. The first-order valence-electron chi connectivity index (χ1n) is 11.9. The SMILES string of the molecule is CC(C)(C)OC(=O)N1CCC2(CC1)C[C@@H](O[Si](C)(C)C(C)(C)C)C/C2=N\[S@](=O)C(C)(C)C. The molecule has 0 bridgehead atoms. The fourth-order valence-electron chi connectivity index (χ4n) is 4.04. The van der Waals surface area contributed by atoms with Gasteiger partial charge in [0.25, 0.3) is 0 Å². The summed E-state index contributed by atoms with van der Waals surface area (Å²) in [5, 5.41) is 0.133. The van der Waals surface area contributed by atoms with Crippen molar-refractivity contribution in [1.29, 1.82) is 0 Å². The number of nitrogens with zero attached hydrogens (tertiary/aromatic N) is 2. The van der Waals surface area contributed by atoms with E-state index in [9.17, 15) is 9.00 Å². The third kappa shape index (κ3) is 6.66. The molecule has 0 unspecified atom stereocenters. The van der Waals surface area contributed by atoms with Gasteiger partial charge in [0.15, 0.2) is 8.32 Å². The van der Waals surface area contributed by atoms with Gasteiger partial charge in [0.05, 0.1) is 10.9 Å². The number of piperidine rings is 1. The number of likely N-dealkylation sites (tertiary alicyclic amines) is 1. The van der Waals surface area contributed by atoms with Crippen molar-refractivity contribution >= 4 is 31.1 Å². The Balaban J connectivity index is 2.25. The molecular formula is C24H46N2O4SSi. The topological polar surface area (TPSA) is 68.2 Å². The van der Waals surface area contributed by atoms with Gasteiger partial charge in [0.2, 0.25) is 0 Å². The predicted octanol–water partition coefficient (Wildman–Crippen LogP) is 6.09. The zero-order chi connectivity index (χ0) is 24.8. The van der Waals surface area contributed by atoms with Gasteiger partial charge in [0.1, 0.15) is 16.6 Å². The van der Waals surface area contributed by atoms with Crippen LogP contribution in [0.5, 0.6) is 0 Å². The highest BCUT2D eigenvalue weighted by Crippen LogP contribution is 2.48. The zero-order valence-corrected chi connectivity index (χ0v) is 24.1. The third-order valence-corrected chi connectivity index (χ3v) is 13.0. The van der Waals surface area contributed by atoms with Crippen LogP contribution < -0.4 is 0 Å². The number of rotatable bonds is 3. The largest absolute Gasteiger partial charge is 0.444 e. The minimum atomic E-state index is -1.93. The molecule has 1 amide bonds. The first-order valence-corrected chi connectivity index (χ1v) is 15.9. The van der Waals surface area contributed by atoms with Crippen LogP contribution in [0.15, 0.2) is 4.40 Å². The van der Waals surface area contributed by atoms with Gasteiger partial charge in [0, 0.05) is 30.6 Å². The Morgan fingerprint density at radius 1 is 1.06 bits per heavy atom. The molecular weight excluding hydrogens is 440 g/mol. The number of ether oxygens (including phenoxy) is 1. The molecule has 32 heavy (non-hydrogen) atoms. The Morgan fingerprint density at radius 2 is 1.59 bits per heavy atom. The summed E-state index contributed by atoms with van der Waals surface area (Å²) in [6.45, 7) is 24.2. The maximum absolute atomic E-state index is 12.9. The molecule has 186 valence electrons. The van der Waals surface area contributed by atoms with Crippen molar-refractivity contribution in [2.24, 2.45) is 9.81 Å². The molecule has 0 radical (unpaired) electrons. The average Bonchev–Trinajstić information content (AvgIpc) is 2.87. The number of hydrogen-bond acceptors (Lipinski definition) is 4. The highest BCUT2D eigenvalue weighted by molar-refractivity contribution is 7.85. The highest BCUT2D eigenvalue weighted by atomic mass is 32.2. The van der Waals surface area contributed by atoms with Gasteiger partial charge in [-0.15, -0.1) is 0 Å². The van der Waals surface area contributed by atoms with E-state index in [1.165, 1.54) is 0 Å². The number of carbonyl (C=O) groups is 1. The first kappa shape index (κ1) is 27.5. The molecule has 2 atom stereocenters. The Labute approximate surface area is 199 Å². The van der Waals surface area contributed by atoms with E-state index in [-0.39, 0.29) is 22.7 Å². The quantitative estimate of drug-likeness (QED) is 0.453. The molecule has 6 nitrogen and oxygen atoms in total. The van der Waals surface area contributed by atoms with E-state index in [1.54, 1.807) is 4.90 Å². The summed E-state index contributed by atoms with van der Waals surface area (Å²) in [7, 11) is -3.23. The molecule has 2 rings (SSSR count). The molecule has 0 aromatic carbocycles. The van der Waals surface area contributed by atoms with E-state index >= 15 is 0 Å². The van der Waals surface area contributed by atoms with Crippen LogP contribution >= 0.6 is 0 Å². The number of amides is 1. The molecule has 1 aliphatic carbocycles. The molecule has 0 N–H and O–H groups in total. The van der Waals surface area contributed by atoms with E-state index in [4.69, 9.17) is 13.6 Å². The minimum Gasteiger partial charge on any atom is -0.444 e. The van der Waals surface area contributed by atoms with Gasteiger partial charge in [-0.25, -0.2) is 9.00 Å². The van der Waals surface area contributed by atoms with Crippen LogP contribution in [0, 0.1) is 5.41 Å². The highest BCUT2D eigenvalue weighted by Gasteiger charge is 2.50. The van der Waals surface area contributed by atoms with Crippen LogP contribution in [-0.2, 0) is 20.1 Å². The second-order valence-corrected chi connectivity index (χ2v) is 19.7. The second kappa shape index (κ2) is 9.14. The van der Waals surface area contributed by atoms with Crippen molar-refractivity contribution in [1.82, 2.24) is 4.90 Å². The van der Waals surface area contributed by atoms with Crippen molar-refractivity contribution in [2.45, 2.75) is 123 Å². The van der Waals surface area contributed by atoms with Crippen molar-refractivity contribution < 1.29 is 18.2 Å². The van der Waals surface area contributed by atoms with Gasteiger partial charge in [-0.1, -0.05) is 20.8 Å². The Hall–Kier alpha value is -0.733. The normalized spacial score (nSPS) is 24.8. The predicted molar refractivity (Wildman–Crippen MR) is 136 cm³/mol. The van der Waals surface area contributed by atoms with Gasteiger partial charge in [-0.3, -0.25) is 0 Å². The number of hydrogen-bond donors (Lipinski definition) is 0. The van der Waals surface area contributed by atoms with E-state index in [2.05, 4.69) is 33.9 Å². The summed E-state index contributed by atoms with van der Waals surface area (Å²) in [6, 6.07) is 0. The standard InChI is InChI=1S/C24H46N2O4SSi/c1-21(2,3)29-20(27)26-14-12-24(13-15-26)17-18(30-32(10,11)23(7,8)9)16-19(24)25-31(28)22(4,5)6/h18H,12-17H2,1-11H3/b25-19+/t18-,31+/m0/s1. The van der Waals surface area contributed by atoms with Gasteiger partial charge < -0.3 is 14.1 Å². The number of carbonyl (C=O) groups excluding carboxylic acids is 1. The zero-order valence-electron chi connectivity index (χ0n) is 22.3. The molecule has 1 heterocycles. The first-order chi connectivity index (χ1) is 14.3. The van der Waals surface area contributed by atoms with Crippen LogP contribution in [0.25, 0.3) is 0 Å². The summed E-state index contributed by atoms with van der Waals surface area (Å²) < 4.78 is 29.7. The third-order valence-electron chi connectivity index (χ3n) is 7.01. The maximum Gasteiger partial charge on any atom is 0.410 e. The van der Waals surface area contributed by atoms with E-state index < -0.39 is 29.7 Å². The maximum atomic E-state index is 12.9. The van der Waals surface area contributed by atoms with E-state index in [0.717, 1.165) is 31.4 Å². The monoisotopic (exact) mass is 486 g/mol. The Kier molecular flexibility index (Phi) is 7.86. The van der Waals surface area contributed by atoms with Crippen molar-refractivity contribution in [3.63, 3.8) is 0 Å². The van der Waals surface area contributed by atoms with Crippen molar-refractivity contribution in [3.05, 3.63) is 0 Å². The molecule has 2 aliphatic rings. The van der Waals surface area contributed by atoms with Crippen LogP contribution in [0.4, 0.5) is 4.79 Å². The smallest absolute Gasteiger partial charge is 0.410 e. The van der Waals surface area contributed by atoms with Crippen molar-refractivity contribution in [3.8, 4) is 0 Å². The van der Waals surface area contributed by atoms with Gasteiger partial charge in [-0.05, 0) is 78.9 Å². The van der Waals surface area contributed by atoms with Crippen molar-refractivity contribution in [2.75, 3.05) is 13.1 Å². The van der Waals surface area contributed by atoms with E-state index in [0.29, 0.717) is 13.1 Å². The second-order valence-electron chi connectivity index (χ2n) is 13.1. The van der Waals surface area contributed by atoms with Crippen LogP contribution in [0.1, 0.15) is 88.0 Å². The lowest BCUT2D eigenvalue weighted by Gasteiger charge is -2.41. The average molecular weight is 487 g/mol. The summed E-state index contributed by atoms with van der Waals surface area (Å²) in [5.41, 5.74) is 0.378. The molecule has 0 aromatic heterocycles. The summed E-state index contributed by atoms with van der Waals surface area (Å²) >= 11 is 0. The molecule has 1 spiro atoms. The molecule has 1 saturated carbocycles. The lowest BCUT2D eigenvalue weighted by molar-refractivity contribution is 0.0143. The fourth-order valence-corrected chi connectivity index (χ4v) is 6.14.